The molecule has 1 amide bonds. The number of aromatic nitrogens is 2. The van der Waals surface area contributed by atoms with Crippen molar-refractivity contribution in [2.24, 2.45) is 0 Å². The van der Waals surface area contributed by atoms with Gasteiger partial charge >= 0.3 is 0 Å². The molecule has 168 valence electrons. The molecule has 0 saturated carbocycles. The fraction of sp³-hybridized carbons (Fsp3) is 0.360. The number of halogens is 1. The van der Waals surface area contributed by atoms with Gasteiger partial charge in [0, 0.05) is 48.5 Å². The van der Waals surface area contributed by atoms with Gasteiger partial charge in [0.2, 0.25) is 5.91 Å². The normalized spacial score (nSPS) is 19.1. The molecule has 32 heavy (non-hydrogen) atoms. The fourth-order valence-corrected chi connectivity index (χ4v) is 4.28. The third-order valence-corrected chi connectivity index (χ3v) is 5.78. The van der Waals surface area contributed by atoms with E-state index in [1.807, 2.05) is 65.5 Å². The topological polar surface area (TPSA) is 59.4 Å². The second kappa shape index (κ2) is 10.3. The first-order valence-electron chi connectivity index (χ1n) is 11.0. The van der Waals surface area contributed by atoms with Gasteiger partial charge in [-0.1, -0.05) is 41.9 Å². The number of nitrogens with one attached hydrogen (secondary N) is 1. The van der Waals surface area contributed by atoms with Gasteiger partial charge in [0.25, 0.3) is 0 Å². The van der Waals surface area contributed by atoms with E-state index in [4.69, 9.17) is 21.4 Å². The summed E-state index contributed by atoms with van der Waals surface area (Å²) < 4.78 is 7.60. The van der Waals surface area contributed by atoms with E-state index in [1.165, 1.54) is 0 Å². The van der Waals surface area contributed by atoms with Crippen LogP contribution in [0, 0.1) is 0 Å². The molecule has 2 heterocycles. The first kappa shape index (κ1) is 22.5. The highest BCUT2D eigenvalue weighted by Crippen LogP contribution is 2.25. The average molecular weight is 453 g/mol. The van der Waals surface area contributed by atoms with E-state index < -0.39 is 0 Å². The summed E-state index contributed by atoms with van der Waals surface area (Å²) in [5.74, 6) is -0.0119. The number of morpholine rings is 1. The van der Waals surface area contributed by atoms with Gasteiger partial charge < -0.3 is 10.1 Å². The number of para-hydroxylation sites is 1. The average Bonchev–Trinajstić information content (AvgIpc) is 3.18. The minimum Gasteiger partial charge on any atom is -0.373 e. The van der Waals surface area contributed by atoms with Gasteiger partial charge in [0.15, 0.2) is 0 Å². The summed E-state index contributed by atoms with van der Waals surface area (Å²) in [6.45, 7) is 7.39. The minimum atomic E-state index is -0.0119. The molecular weight excluding hydrogens is 424 g/mol. The SMILES string of the molecule is CC1CN(CCNC(=O)Cc2cn(-c3ccccc3)nc2-c2ccc(Cl)cc2)CC(C)O1. The summed E-state index contributed by atoms with van der Waals surface area (Å²) in [5, 5.41) is 8.51. The summed E-state index contributed by atoms with van der Waals surface area (Å²) in [6.07, 6.45) is 2.64. The Hall–Kier alpha value is -2.67. The zero-order chi connectivity index (χ0) is 22.5. The third-order valence-electron chi connectivity index (χ3n) is 5.52. The Morgan fingerprint density at radius 3 is 2.47 bits per heavy atom. The quantitative estimate of drug-likeness (QED) is 0.589. The molecule has 1 aromatic heterocycles. The molecule has 0 radical (unpaired) electrons. The Morgan fingerprint density at radius 2 is 1.78 bits per heavy atom. The Balaban J connectivity index is 1.45. The van der Waals surface area contributed by atoms with Crippen LogP contribution in [0.4, 0.5) is 0 Å². The molecule has 6 nitrogen and oxygen atoms in total. The van der Waals surface area contributed by atoms with Crippen LogP contribution in [0.3, 0.4) is 0 Å². The number of carbonyl (C=O) groups is 1. The molecule has 2 unspecified atom stereocenters. The van der Waals surface area contributed by atoms with E-state index >= 15 is 0 Å². The van der Waals surface area contributed by atoms with Crippen LogP contribution in [-0.2, 0) is 16.0 Å². The number of ether oxygens (including phenoxy) is 1. The fourth-order valence-electron chi connectivity index (χ4n) is 4.16. The summed E-state index contributed by atoms with van der Waals surface area (Å²) >= 11 is 6.06. The van der Waals surface area contributed by atoms with E-state index in [9.17, 15) is 4.79 Å². The lowest BCUT2D eigenvalue weighted by molar-refractivity contribution is -0.120. The van der Waals surface area contributed by atoms with Crippen molar-refractivity contribution in [3.05, 3.63) is 71.4 Å². The van der Waals surface area contributed by atoms with Gasteiger partial charge in [-0.3, -0.25) is 9.69 Å². The Morgan fingerprint density at radius 1 is 1.09 bits per heavy atom. The Kier molecular flexibility index (Phi) is 7.25. The van der Waals surface area contributed by atoms with Crippen molar-refractivity contribution in [1.29, 1.82) is 0 Å². The number of hydrogen-bond acceptors (Lipinski definition) is 4. The molecule has 7 heteroatoms. The van der Waals surface area contributed by atoms with E-state index in [2.05, 4.69) is 24.1 Å². The second-order valence-corrected chi connectivity index (χ2v) is 8.77. The predicted molar refractivity (Wildman–Crippen MR) is 127 cm³/mol. The van der Waals surface area contributed by atoms with Crippen LogP contribution < -0.4 is 5.32 Å². The lowest BCUT2D eigenvalue weighted by atomic mass is 10.1. The van der Waals surface area contributed by atoms with Crippen molar-refractivity contribution in [3.8, 4) is 16.9 Å². The van der Waals surface area contributed by atoms with Gasteiger partial charge in [0.1, 0.15) is 0 Å². The molecule has 4 rings (SSSR count). The maximum atomic E-state index is 12.8. The molecule has 0 spiro atoms. The highest BCUT2D eigenvalue weighted by Gasteiger charge is 2.22. The molecule has 1 fully saturated rings. The van der Waals surface area contributed by atoms with Crippen LogP contribution in [0.25, 0.3) is 16.9 Å². The van der Waals surface area contributed by atoms with Crippen molar-refractivity contribution in [2.45, 2.75) is 32.5 Å². The molecule has 1 N–H and O–H groups in total. The lowest BCUT2D eigenvalue weighted by Crippen LogP contribution is -2.48. The number of hydrogen-bond donors (Lipinski definition) is 1. The molecule has 1 aliphatic rings. The summed E-state index contributed by atoms with van der Waals surface area (Å²) in [4.78, 5) is 15.1. The maximum Gasteiger partial charge on any atom is 0.224 e. The van der Waals surface area contributed by atoms with Crippen LogP contribution in [0.1, 0.15) is 19.4 Å². The van der Waals surface area contributed by atoms with E-state index in [0.29, 0.717) is 11.6 Å². The highest BCUT2D eigenvalue weighted by atomic mass is 35.5. The minimum absolute atomic E-state index is 0.0119. The van der Waals surface area contributed by atoms with Gasteiger partial charge in [-0.15, -0.1) is 0 Å². The van der Waals surface area contributed by atoms with E-state index in [1.54, 1.807) is 0 Å². The van der Waals surface area contributed by atoms with E-state index in [-0.39, 0.29) is 24.5 Å². The largest absolute Gasteiger partial charge is 0.373 e. The molecule has 2 atom stereocenters. The van der Waals surface area contributed by atoms with Crippen LogP contribution >= 0.6 is 11.6 Å². The first-order chi connectivity index (χ1) is 15.5. The summed E-state index contributed by atoms with van der Waals surface area (Å²) in [7, 11) is 0. The van der Waals surface area contributed by atoms with Gasteiger partial charge in [-0.2, -0.15) is 5.10 Å². The van der Waals surface area contributed by atoms with Crippen LogP contribution in [-0.4, -0.2) is 59.0 Å². The molecule has 0 aliphatic carbocycles. The zero-order valence-electron chi connectivity index (χ0n) is 18.5. The monoisotopic (exact) mass is 452 g/mol. The van der Waals surface area contributed by atoms with Crippen LogP contribution in [0.5, 0.6) is 0 Å². The second-order valence-electron chi connectivity index (χ2n) is 8.33. The number of benzene rings is 2. The smallest absolute Gasteiger partial charge is 0.224 e. The highest BCUT2D eigenvalue weighted by molar-refractivity contribution is 6.30. The first-order valence-corrected chi connectivity index (χ1v) is 11.4. The van der Waals surface area contributed by atoms with Crippen molar-refractivity contribution < 1.29 is 9.53 Å². The molecule has 1 saturated heterocycles. The predicted octanol–water partition coefficient (Wildman–Crippen LogP) is 3.96. The number of nitrogens with zero attached hydrogens (tertiary/aromatic N) is 3. The van der Waals surface area contributed by atoms with Crippen molar-refractivity contribution in [3.63, 3.8) is 0 Å². The molecule has 0 bridgehead atoms. The van der Waals surface area contributed by atoms with Gasteiger partial charge in [0.05, 0.1) is 30.0 Å². The number of amides is 1. The Bertz CT molecular complexity index is 1030. The molecule has 1 aliphatic heterocycles. The van der Waals surface area contributed by atoms with Crippen molar-refractivity contribution in [2.75, 3.05) is 26.2 Å². The zero-order valence-corrected chi connectivity index (χ0v) is 19.3. The molecular formula is C25H29ClN4O2. The van der Waals surface area contributed by atoms with Gasteiger partial charge in [-0.25, -0.2) is 4.68 Å². The van der Waals surface area contributed by atoms with Crippen LogP contribution in [0.15, 0.2) is 60.8 Å². The summed E-state index contributed by atoms with van der Waals surface area (Å²) in [5.41, 5.74) is 3.55. The van der Waals surface area contributed by atoms with Crippen LogP contribution in [0.2, 0.25) is 5.02 Å². The number of rotatable bonds is 7. The number of carbonyl (C=O) groups excluding carboxylic acids is 1. The molecule has 3 aromatic rings. The molecule has 2 aromatic carbocycles. The lowest BCUT2D eigenvalue weighted by Gasteiger charge is -2.35. The van der Waals surface area contributed by atoms with Crippen molar-refractivity contribution in [1.82, 2.24) is 20.0 Å². The summed E-state index contributed by atoms with van der Waals surface area (Å²) in [6, 6.07) is 17.4. The van der Waals surface area contributed by atoms with E-state index in [0.717, 1.165) is 42.1 Å². The standard InChI is InChI=1S/C25H29ClN4O2/c1-18-15-29(16-19(2)32-18)13-12-27-24(31)14-21-17-30(23-6-4-3-5-7-23)28-25(21)20-8-10-22(26)11-9-20/h3-11,17-19H,12-16H2,1-2H3,(H,27,31). The maximum absolute atomic E-state index is 12.8. The van der Waals surface area contributed by atoms with Gasteiger partial charge in [-0.05, 0) is 38.1 Å². The van der Waals surface area contributed by atoms with Crippen molar-refractivity contribution >= 4 is 17.5 Å². The third kappa shape index (κ3) is 5.76. The Labute approximate surface area is 194 Å².